The minimum Gasteiger partial charge on any atom is -0.376 e. The van der Waals surface area contributed by atoms with Gasteiger partial charge in [0.2, 0.25) is 0 Å². The number of hydrogen-bond acceptors (Lipinski definition) is 1. The van der Waals surface area contributed by atoms with Gasteiger partial charge >= 0.3 is 0 Å². The third-order valence-corrected chi connectivity index (χ3v) is 3.44. The summed E-state index contributed by atoms with van der Waals surface area (Å²) in [5, 5.41) is 0. The van der Waals surface area contributed by atoms with E-state index in [9.17, 15) is 0 Å². The van der Waals surface area contributed by atoms with Crippen LogP contribution in [0.1, 0.15) is 48.0 Å². The van der Waals surface area contributed by atoms with Gasteiger partial charge in [-0.05, 0) is 38.5 Å². The molecular formula is C12H25ClO. The van der Waals surface area contributed by atoms with Gasteiger partial charge in [0.25, 0.3) is 0 Å². The minimum atomic E-state index is -0.0431. The molecule has 2 heteroatoms. The van der Waals surface area contributed by atoms with E-state index < -0.39 is 0 Å². The quantitative estimate of drug-likeness (QED) is 0.613. The van der Waals surface area contributed by atoms with Crippen molar-refractivity contribution >= 4 is 11.6 Å². The summed E-state index contributed by atoms with van der Waals surface area (Å²) in [7, 11) is 0. The molecule has 1 unspecified atom stereocenters. The van der Waals surface area contributed by atoms with Crippen molar-refractivity contribution in [3.63, 3.8) is 0 Å². The van der Waals surface area contributed by atoms with Crippen molar-refractivity contribution in [2.45, 2.75) is 53.6 Å². The molecule has 0 bridgehead atoms. The average molecular weight is 221 g/mol. The maximum Gasteiger partial charge on any atom is 0.0631 e. The van der Waals surface area contributed by atoms with Gasteiger partial charge in [-0.15, -0.1) is 11.6 Å². The number of ether oxygens (including phenoxy) is 1. The van der Waals surface area contributed by atoms with Crippen LogP contribution in [-0.4, -0.2) is 18.1 Å². The maximum atomic E-state index is 5.90. The first-order chi connectivity index (χ1) is 6.25. The highest BCUT2D eigenvalue weighted by atomic mass is 35.5. The van der Waals surface area contributed by atoms with Crippen molar-refractivity contribution in [2.24, 2.45) is 11.3 Å². The predicted molar refractivity (Wildman–Crippen MR) is 64.0 cm³/mol. The summed E-state index contributed by atoms with van der Waals surface area (Å²) in [6.45, 7) is 13.9. The molecule has 0 rings (SSSR count). The largest absolute Gasteiger partial charge is 0.376 e. The molecule has 0 aromatic carbocycles. The van der Waals surface area contributed by atoms with E-state index >= 15 is 0 Å². The van der Waals surface area contributed by atoms with Crippen LogP contribution in [0.4, 0.5) is 0 Å². The number of hydrogen-bond donors (Lipinski definition) is 0. The molecule has 0 N–H and O–H groups in total. The Labute approximate surface area is 94.2 Å². The molecule has 0 aliphatic carbocycles. The van der Waals surface area contributed by atoms with E-state index in [1.54, 1.807) is 0 Å². The van der Waals surface area contributed by atoms with E-state index in [4.69, 9.17) is 16.3 Å². The van der Waals surface area contributed by atoms with Crippen LogP contribution < -0.4 is 0 Å². The Morgan fingerprint density at radius 2 is 1.71 bits per heavy atom. The average Bonchev–Trinajstić information content (AvgIpc) is 2.00. The molecule has 0 saturated carbocycles. The fourth-order valence-electron chi connectivity index (χ4n) is 1.92. The summed E-state index contributed by atoms with van der Waals surface area (Å²) in [5.74, 6) is 1.23. The van der Waals surface area contributed by atoms with E-state index in [0.29, 0.717) is 5.92 Å². The van der Waals surface area contributed by atoms with Crippen LogP contribution >= 0.6 is 11.6 Å². The van der Waals surface area contributed by atoms with Crippen molar-refractivity contribution in [2.75, 3.05) is 12.5 Å². The Balaban J connectivity index is 4.33. The molecule has 1 nitrogen and oxygen atoms in total. The van der Waals surface area contributed by atoms with Crippen LogP contribution in [0.25, 0.3) is 0 Å². The Bertz CT molecular complexity index is 164. The van der Waals surface area contributed by atoms with Gasteiger partial charge in [0.1, 0.15) is 0 Å². The van der Waals surface area contributed by atoms with Crippen LogP contribution in [0, 0.1) is 11.3 Å². The van der Waals surface area contributed by atoms with E-state index in [-0.39, 0.29) is 11.0 Å². The van der Waals surface area contributed by atoms with E-state index in [2.05, 4.69) is 34.6 Å². The molecule has 14 heavy (non-hydrogen) atoms. The summed E-state index contributed by atoms with van der Waals surface area (Å²) in [4.78, 5) is 0. The van der Waals surface area contributed by atoms with Gasteiger partial charge in [-0.25, -0.2) is 0 Å². The van der Waals surface area contributed by atoms with Crippen LogP contribution in [0.5, 0.6) is 0 Å². The number of halogens is 1. The Hall–Kier alpha value is 0.250. The van der Waals surface area contributed by atoms with Gasteiger partial charge in [0.15, 0.2) is 0 Å². The molecule has 0 aliphatic heterocycles. The SMILES string of the molecule is CCOC(C)(C)CC(C)(C)C(C)CCl. The van der Waals surface area contributed by atoms with E-state index in [1.807, 2.05) is 6.92 Å². The molecule has 0 saturated heterocycles. The summed E-state index contributed by atoms with van der Waals surface area (Å²) in [5.41, 5.74) is 0.193. The molecule has 0 aliphatic rings. The highest BCUT2D eigenvalue weighted by molar-refractivity contribution is 6.18. The lowest BCUT2D eigenvalue weighted by Crippen LogP contribution is -2.35. The molecular weight excluding hydrogens is 196 g/mol. The Kier molecular flexibility index (Phi) is 5.46. The highest BCUT2D eigenvalue weighted by Gasteiger charge is 2.32. The van der Waals surface area contributed by atoms with Crippen LogP contribution in [0.2, 0.25) is 0 Å². The molecule has 1 atom stereocenters. The summed E-state index contributed by atoms with van der Waals surface area (Å²) in [6.07, 6.45) is 1.04. The molecule has 0 aromatic rings. The van der Waals surface area contributed by atoms with Crippen molar-refractivity contribution in [1.82, 2.24) is 0 Å². The summed E-state index contributed by atoms with van der Waals surface area (Å²) < 4.78 is 5.72. The summed E-state index contributed by atoms with van der Waals surface area (Å²) >= 11 is 5.90. The van der Waals surface area contributed by atoms with Crippen LogP contribution in [0.15, 0.2) is 0 Å². The fourth-order valence-corrected chi connectivity index (χ4v) is 2.34. The minimum absolute atomic E-state index is 0.0431. The smallest absolute Gasteiger partial charge is 0.0631 e. The lowest BCUT2D eigenvalue weighted by Gasteiger charge is -2.38. The molecule has 0 heterocycles. The lowest BCUT2D eigenvalue weighted by molar-refractivity contribution is -0.0473. The maximum absolute atomic E-state index is 5.90. The zero-order valence-corrected chi connectivity index (χ0v) is 11.2. The lowest BCUT2D eigenvalue weighted by atomic mass is 9.73. The van der Waals surface area contributed by atoms with Crippen LogP contribution in [-0.2, 0) is 4.74 Å². The van der Waals surface area contributed by atoms with Gasteiger partial charge in [-0.3, -0.25) is 0 Å². The third kappa shape index (κ3) is 4.65. The highest BCUT2D eigenvalue weighted by Crippen LogP contribution is 2.37. The van der Waals surface area contributed by atoms with Gasteiger partial charge in [-0.1, -0.05) is 20.8 Å². The Morgan fingerprint density at radius 3 is 2.07 bits per heavy atom. The molecule has 0 radical (unpaired) electrons. The standard InChI is InChI=1S/C12H25ClO/c1-7-14-12(5,6)9-11(3,4)10(2)8-13/h10H,7-9H2,1-6H3. The second-order valence-electron chi connectivity index (χ2n) is 5.41. The second kappa shape index (κ2) is 5.37. The third-order valence-electron chi connectivity index (χ3n) is 2.98. The van der Waals surface area contributed by atoms with Gasteiger partial charge in [0, 0.05) is 12.5 Å². The van der Waals surface area contributed by atoms with Gasteiger partial charge in [0.05, 0.1) is 5.60 Å². The van der Waals surface area contributed by atoms with Crippen molar-refractivity contribution in [1.29, 1.82) is 0 Å². The van der Waals surface area contributed by atoms with E-state index in [0.717, 1.165) is 18.9 Å². The fraction of sp³-hybridized carbons (Fsp3) is 1.00. The first kappa shape index (κ1) is 14.2. The first-order valence-corrected chi connectivity index (χ1v) is 5.98. The molecule has 0 fully saturated rings. The molecule has 0 aromatic heterocycles. The second-order valence-corrected chi connectivity index (χ2v) is 5.72. The topological polar surface area (TPSA) is 9.23 Å². The number of rotatable bonds is 6. The molecule has 0 amide bonds. The molecule has 0 spiro atoms. The normalized spacial score (nSPS) is 15.6. The molecule has 86 valence electrons. The van der Waals surface area contributed by atoms with Gasteiger partial charge < -0.3 is 4.74 Å². The van der Waals surface area contributed by atoms with E-state index in [1.165, 1.54) is 0 Å². The van der Waals surface area contributed by atoms with Crippen molar-refractivity contribution < 1.29 is 4.74 Å². The van der Waals surface area contributed by atoms with Crippen molar-refractivity contribution in [3.8, 4) is 0 Å². The zero-order valence-electron chi connectivity index (χ0n) is 10.5. The Morgan fingerprint density at radius 1 is 1.21 bits per heavy atom. The number of alkyl halides is 1. The van der Waals surface area contributed by atoms with Crippen LogP contribution in [0.3, 0.4) is 0 Å². The summed E-state index contributed by atoms with van der Waals surface area (Å²) in [6, 6.07) is 0. The van der Waals surface area contributed by atoms with Gasteiger partial charge in [-0.2, -0.15) is 0 Å². The monoisotopic (exact) mass is 220 g/mol. The van der Waals surface area contributed by atoms with Crippen molar-refractivity contribution in [3.05, 3.63) is 0 Å². The zero-order chi connectivity index (χ0) is 11.4. The first-order valence-electron chi connectivity index (χ1n) is 5.45. The predicted octanol–water partition coefficient (Wildman–Crippen LogP) is 4.09.